The van der Waals surface area contributed by atoms with E-state index < -0.39 is 17.5 Å². The van der Waals surface area contributed by atoms with E-state index in [9.17, 15) is 13.6 Å². The highest BCUT2D eigenvalue weighted by Gasteiger charge is 2.26. The Morgan fingerprint density at radius 1 is 1.39 bits per heavy atom. The molecule has 2 rings (SSSR count). The Labute approximate surface area is 123 Å². The molecule has 0 unspecified atom stereocenters. The number of hydrogen-bond acceptors (Lipinski definition) is 2. The number of hydrogen-bond donors (Lipinski definition) is 1. The highest BCUT2D eigenvalue weighted by Crippen LogP contribution is 2.20. The van der Waals surface area contributed by atoms with Crippen molar-refractivity contribution in [2.24, 2.45) is 5.73 Å². The van der Waals surface area contributed by atoms with Gasteiger partial charge >= 0.3 is 0 Å². The molecule has 1 amide bonds. The highest BCUT2D eigenvalue weighted by molar-refractivity contribution is 14.1. The van der Waals surface area contributed by atoms with Gasteiger partial charge in [0, 0.05) is 28.8 Å². The molecule has 0 saturated carbocycles. The number of nitrogens with zero attached hydrogens (tertiary/aromatic N) is 1. The van der Waals surface area contributed by atoms with Crippen molar-refractivity contribution >= 4 is 40.9 Å². The molecule has 3 nitrogen and oxygen atoms in total. The van der Waals surface area contributed by atoms with E-state index in [0.717, 1.165) is 6.07 Å². The van der Waals surface area contributed by atoms with E-state index >= 15 is 0 Å². The summed E-state index contributed by atoms with van der Waals surface area (Å²) in [6.07, 6.45) is 0.714. The molecule has 1 atom stereocenters. The maximum Gasteiger partial charge on any atom is 0.256 e. The number of halogens is 4. The van der Waals surface area contributed by atoms with Gasteiger partial charge in [-0.1, -0.05) is 0 Å². The first-order chi connectivity index (χ1) is 7.99. The van der Waals surface area contributed by atoms with Crippen molar-refractivity contribution < 1.29 is 13.6 Å². The van der Waals surface area contributed by atoms with Crippen molar-refractivity contribution in [3.05, 3.63) is 32.9 Å². The van der Waals surface area contributed by atoms with Crippen LogP contribution in [0.15, 0.2) is 12.1 Å². The van der Waals surface area contributed by atoms with Crippen LogP contribution in [0.5, 0.6) is 0 Å². The van der Waals surface area contributed by atoms with Crippen LogP contribution in [0.1, 0.15) is 16.8 Å². The fourth-order valence-electron chi connectivity index (χ4n) is 1.83. The minimum absolute atomic E-state index is 0. The SMILES string of the molecule is Cl.N[C@H]1CCN(C(=O)c2cc(I)c(F)cc2F)C1. The van der Waals surface area contributed by atoms with Gasteiger partial charge in [0.25, 0.3) is 5.91 Å². The summed E-state index contributed by atoms with van der Waals surface area (Å²) in [5.41, 5.74) is 5.59. The molecule has 18 heavy (non-hydrogen) atoms. The molecule has 0 spiro atoms. The van der Waals surface area contributed by atoms with Crippen molar-refractivity contribution in [1.29, 1.82) is 0 Å². The molecular weight excluding hydrogens is 376 g/mol. The van der Waals surface area contributed by atoms with E-state index in [1.54, 1.807) is 22.6 Å². The first-order valence-electron chi connectivity index (χ1n) is 5.18. The van der Waals surface area contributed by atoms with Crippen molar-refractivity contribution in [3.8, 4) is 0 Å². The molecule has 1 aliphatic heterocycles. The van der Waals surface area contributed by atoms with E-state index in [2.05, 4.69) is 0 Å². The lowest BCUT2D eigenvalue weighted by Gasteiger charge is -2.16. The molecule has 0 bridgehead atoms. The van der Waals surface area contributed by atoms with Crippen LogP contribution in [-0.4, -0.2) is 29.9 Å². The lowest BCUT2D eigenvalue weighted by Crippen LogP contribution is -2.32. The molecule has 0 aliphatic carbocycles. The van der Waals surface area contributed by atoms with E-state index in [0.29, 0.717) is 19.5 Å². The Kier molecular flexibility index (Phi) is 5.30. The van der Waals surface area contributed by atoms with Gasteiger partial charge < -0.3 is 10.6 Å². The molecule has 0 radical (unpaired) electrons. The van der Waals surface area contributed by atoms with Crippen LogP contribution in [0.25, 0.3) is 0 Å². The van der Waals surface area contributed by atoms with Gasteiger partial charge in [-0.3, -0.25) is 4.79 Å². The molecule has 1 aromatic carbocycles. The number of rotatable bonds is 1. The van der Waals surface area contributed by atoms with Crippen molar-refractivity contribution in [2.75, 3.05) is 13.1 Å². The van der Waals surface area contributed by atoms with Crippen molar-refractivity contribution in [1.82, 2.24) is 4.90 Å². The first kappa shape index (κ1) is 15.6. The lowest BCUT2D eigenvalue weighted by molar-refractivity contribution is 0.0786. The third-order valence-electron chi connectivity index (χ3n) is 2.75. The molecule has 1 fully saturated rings. The largest absolute Gasteiger partial charge is 0.337 e. The van der Waals surface area contributed by atoms with E-state index in [4.69, 9.17) is 5.73 Å². The smallest absolute Gasteiger partial charge is 0.256 e. The van der Waals surface area contributed by atoms with Gasteiger partial charge in [-0.15, -0.1) is 12.4 Å². The molecule has 7 heteroatoms. The van der Waals surface area contributed by atoms with Crippen LogP contribution < -0.4 is 5.73 Å². The summed E-state index contributed by atoms with van der Waals surface area (Å²) in [5.74, 6) is -1.90. The van der Waals surface area contributed by atoms with Crippen LogP contribution in [-0.2, 0) is 0 Å². The normalized spacial score (nSPS) is 18.7. The maximum atomic E-state index is 13.5. The van der Waals surface area contributed by atoms with E-state index in [1.165, 1.54) is 11.0 Å². The van der Waals surface area contributed by atoms with Crippen molar-refractivity contribution in [3.63, 3.8) is 0 Å². The van der Waals surface area contributed by atoms with Crippen LogP contribution in [0.4, 0.5) is 8.78 Å². The number of carbonyl (C=O) groups is 1. The van der Waals surface area contributed by atoms with Gasteiger partial charge in [0.1, 0.15) is 11.6 Å². The number of benzene rings is 1. The molecule has 100 valence electrons. The zero-order valence-corrected chi connectivity index (χ0v) is 12.3. The summed E-state index contributed by atoms with van der Waals surface area (Å²) >= 11 is 1.73. The predicted octanol–water partition coefficient (Wildman–Crippen LogP) is 2.16. The van der Waals surface area contributed by atoms with Crippen molar-refractivity contribution in [2.45, 2.75) is 12.5 Å². The molecular formula is C11H12ClF2IN2O. The summed E-state index contributed by atoms with van der Waals surface area (Å²) < 4.78 is 26.8. The maximum absolute atomic E-state index is 13.5. The van der Waals surface area contributed by atoms with Gasteiger partial charge in [0.05, 0.1) is 5.56 Å². The fourth-order valence-corrected chi connectivity index (χ4v) is 2.30. The fraction of sp³-hybridized carbons (Fsp3) is 0.364. The number of likely N-dealkylation sites (tertiary alicyclic amines) is 1. The molecule has 1 saturated heterocycles. The molecule has 0 aromatic heterocycles. The standard InChI is InChI=1S/C11H11F2IN2O.ClH/c12-8-4-9(13)10(14)3-7(8)11(17)16-2-1-6(15)5-16;/h3-4,6H,1-2,5,15H2;1H/t6-;/m0./s1. The summed E-state index contributed by atoms with van der Waals surface area (Å²) in [4.78, 5) is 13.5. The Bertz CT molecular complexity index is 473. The Morgan fingerprint density at radius 2 is 2.06 bits per heavy atom. The van der Waals surface area contributed by atoms with Crippen LogP contribution in [0, 0.1) is 15.2 Å². The van der Waals surface area contributed by atoms with E-state index in [-0.39, 0.29) is 27.6 Å². The Morgan fingerprint density at radius 3 is 2.61 bits per heavy atom. The highest BCUT2D eigenvalue weighted by atomic mass is 127. The molecule has 2 N–H and O–H groups in total. The second-order valence-electron chi connectivity index (χ2n) is 4.05. The second-order valence-corrected chi connectivity index (χ2v) is 5.21. The molecule has 1 heterocycles. The average molecular weight is 389 g/mol. The minimum Gasteiger partial charge on any atom is -0.337 e. The number of nitrogens with two attached hydrogens (primary N) is 1. The monoisotopic (exact) mass is 388 g/mol. The van der Waals surface area contributed by atoms with Gasteiger partial charge in [-0.05, 0) is 35.1 Å². The first-order valence-corrected chi connectivity index (χ1v) is 6.26. The van der Waals surface area contributed by atoms with Crippen LogP contribution >= 0.6 is 35.0 Å². The number of amides is 1. The lowest BCUT2D eigenvalue weighted by atomic mass is 10.2. The topological polar surface area (TPSA) is 46.3 Å². The zero-order chi connectivity index (χ0) is 12.6. The summed E-state index contributed by atoms with van der Waals surface area (Å²) in [7, 11) is 0. The summed E-state index contributed by atoms with van der Waals surface area (Å²) in [6, 6.07) is 1.92. The predicted molar refractivity (Wildman–Crippen MR) is 74.8 cm³/mol. The van der Waals surface area contributed by atoms with Gasteiger partial charge in [0.15, 0.2) is 0 Å². The summed E-state index contributed by atoms with van der Waals surface area (Å²) in [5, 5.41) is 0. The minimum atomic E-state index is -0.826. The Hall–Kier alpha value is -0.470. The molecule has 1 aliphatic rings. The second kappa shape index (κ2) is 6.12. The number of carbonyl (C=O) groups excluding carboxylic acids is 1. The van der Waals surface area contributed by atoms with Gasteiger partial charge in [-0.2, -0.15) is 0 Å². The van der Waals surface area contributed by atoms with E-state index in [1.807, 2.05) is 0 Å². The summed E-state index contributed by atoms with van der Waals surface area (Å²) in [6.45, 7) is 0.944. The quantitative estimate of drug-likeness (QED) is 0.592. The average Bonchev–Trinajstić information content (AvgIpc) is 2.69. The zero-order valence-electron chi connectivity index (χ0n) is 9.33. The van der Waals surface area contributed by atoms with Crippen LogP contribution in [0.2, 0.25) is 0 Å². The van der Waals surface area contributed by atoms with Gasteiger partial charge in [0.2, 0.25) is 0 Å². The third-order valence-corrected chi connectivity index (χ3v) is 3.58. The Balaban J connectivity index is 0.00000162. The van der Waals surface area contributed by atoms with Crippen LogP contribution in [0.3, 0.4) is 0 Å². The van der Waals surface area contributed by atoms with Gasteiger partial charge in [-0.25, -0.2) is 8.78 Å². The third kappa shape index (κ3) is 3.10. The molecule has 1 aromatic rings.